The van der Waals surface area contributed by atoms with Crippen LogP contribution in [-0.2, 0) is 0 Å². The fourth-order valence-corrected chi connectivity index (χ4v) is 3.63. The van der Waals surface area contributed by atoms with Crippen molar-refractivity contribution in [2.24, 2.45) is 0 Å². The maximum absolute atomic E-state index is 11.8. The molecule has 0 atom stereocenters. The highest BCUT2D eigenvalue weighted by molar-refractivity contribution is 6.33. The average Bonchev–Trinajstić information content (AvgIpc) is 3.35. The number of urea groups is 1. The van der Waals surface area contributed by atoms with Gasteiger partial charge in [-0.25, -0.2) is 9.31 Å². The fourth-order valence-electron chi connectivity index (χ4n) is 3.40. The summed E-state index contributed by atoms with van der Waals surface area (Å²) in [4.78, 5) is 17.9. The molecule has 4 aromatic rings. The number of benzene rings is 2. The minimum Gasteiger partial charge on any atom is -0.508 e. The van der Waals surface area contributed by atoms with E-state index in [0.717, 1.165) is 16.9 Å². The van der Waals surface area contributed by atoms with Gasteiger partial charge in [-0.15, -0.1) is 5.10 Å². The number of pyridine rings is 1. The van der Waals surface area contributed by atoms with E-state index in [-0.39, 0.29) is 11.8 Å². The Morgan fingerprint density at radius 3 is 2.70 bits per heavy atom. The number of phenols is 1. The lowest BCUT2D eigenvalue weighted by atomic mass is 10.1. The second-order valence-corrected chi connectivity index (χ2v) is 7.28. The second kappa shape index (κ2) is 7.23. The number of anilines is 3. The summed E-state index contributed by atoms with van der Waals surface area (Å²) in [7, 11) is 0. The lowest BCUT2D eigenvalue weighted by molar-refractivity contribution is 0.252. The number of fused-ring (bicyclic) bond motifs is 1. The number of carbonyl (C=O) groups excluding carboxylic acids is 1. The lowest BCUT2D eigenvalue weighted by Crippen LogP contribution is -2.27. The molecule has 2 aromatic carbocycles. The molecule has 9 heteroatoms. The molecule has 1 aliphatic heterocycles. The van der Waals surface area contributed by atoms with Crippen molar-refractivity contribution in [3.05, 3.63) is 65.8 Å². The molecular weight excluding hydrogens is 404 g/mol. The zero-order valence-electron chi connectivity index (χ0n) is 15.7. The molecule has 150 valence electrons. The first kappa shape index (κ1) is 18.3. The van der Waals surface area contributed by atoms with Gasteiger partial charge in [-0.05, 0) is 54.6 Å². The van der Waals surface area contributed by atoms with Gasteiger partial charge in [-0.1, -0.05) is 11.6 Å². The zero-order chi connectivity index (χ0) is 20.7. The molecule has 1 fully saturated rings. The predicted octanol–water partition coefficient (Wildman–Crippen LogP) is 4.03. The van der Waals surface area contributed by atoms with Crippen molar-refractivity contribution in [1.29, 1.82) is 0 Å². The average molecular weight is 421 g/mol. The van der Waals surface area contributed by atoms with Crippen LogP contribution in [-0.4, -0.2) is 38.8 Å². The van der Waals surface area contributed by atoms with Crippen molar-refractivity contribution in [3.63, 3.8) is 0 Å². The number of halogens is 1. The van der Waals surface area contributed by atoms with Gasteiger partial charge in [0.25, 0.3) is 0 Å². The number of nitrogens with zero attached hydrogens (tertiary/aromatic N) is 4. The summed E-state index contributed by atoms with van der Waals surface area (Å²) < 4.78 is 1.65. The van der Waals surface area contributed by atoms with E-state index in [2.05, 4.69) is 20.7 Å². The molecular formula is C21H17ClN6O2. The lowest BCUT2D eigenvalue weighted by Gasteiger charge is -2.14. The van der Waals surface area contributed by atoms with Crippen molar-refractivity contribution in [3.8, 4) is 16.9 Å². The number of amides is 2. The van der Waals surface area contributed by atoms with Crippen LogP contribution in [0.1, 0.15) is 0 Å². The van der Waals surface area contributed by atoms with Gasteiger partial charge in [0.1, 0.15) is 5.75 Å². The van der Waals surface area contributed by atoms with Crippen LogP contribution in [0.2, 0.25) is 5.02 Å². The van der Waals surface area contributed by atoms with Crippen LogP contribution < -0.4 is 15.5 Å². The quantitative estimate of drug-likeness (QED) is 0.463. The van der Waals surface area contributed by atoms with E-state index in [4.69, 9.17) is 11.6 Å². The van der Waals surface area contributed by atoms with Crippen molar-refractivity contribution in [1.82, 2.24) is 19.9 Å². The summed E-state index contributed by atoms with van der Waals surface area (Å²) in [6.07, 6.45) is 1.81. The minimum absolute atomic E-state index is 0.0830. The molecule has 30 heavy (non-hydrogen) atoms. The Morgan fingerprint density at radius 2 is 1.93 bits per heavy atom. The SMILES string of the molecule is O=C1NCCN1c1ccc(Nc2nc3ccc(-c4cc(O)ccc4Cl)cn3n2)cc1. The van der Waals surface area contributed by atoms with E-state index in [1.165, 1.54) is 0 Å². The molecule has 2 aromatic heterocycles. The van der Waals surface area contributed by atoms with Crippen LogP contribution in [0.4, 0.5) is 22.1 Å². The highest BCUT2D eigenvalue weighted by Gasteiger charge is 2.20. The van der Waals surface area contributed by atoms with Crippen LogP contribution in [0.3, 0.4) is 0 Å². The van der Waals surface area contributed by atoms with Crippen LogP contribution in [0.25, 0.3) is 16.8 Å². The third kappa shape index (κ3) is 3.37. The summed E-state index contributed by atoms with van der Waals surface area (Å²) in [6.45, 7) is 1.31. The van der Waals surface area contributed by atoms with Gasteiger partial charge in [-0.2, -0.15) is 4.98 Å². The Hall–Kier alpha value is -3.78. The summed E-state index contributed by atoms with van der Waals surface area (Å²) in [5.74, 6) is 0.589. The molecule has 0 aliphatic carbocycles. The number of rotatable bonds is 4. The standard InChI is InChI=1S/C21H17ClN6O2/c22-18-7-6-16(29)11-17(18)13-1-8-19-25-20(26-28(19)12-13)24-14-2-4-15(5-3-14)27-10-9-23-21(27)30/h1-8,11-12,29H,9-10H2,(H,23,30)(H,24,26). The maximum Gasteiger partial charge on any atom is 0.321 e. The Kier molecular flexibility index (Phi) is 4.40. The molecule has 1 aliphatic rings. The van der Waals surface area contributed by atoms with E-state index < -0.39 is 0 Å². The Morgan fingerprint density at radius 1 is 1.10 bits per heavy atom. The third-order valence-corrected chi connectivity index (χ3v) is 5.21. The zero-order valence-corrected chi connectivity index (χ0v) is 16.5. The summed E-state index contributed by atoms with van der Waals surface area (Å²) in [5, 5.41) is 20.7. The number of aromatic hydroxyl groups is 1. The van der Waals surface area contributed by atoms with Crippen molar-refractivity contribution < 1.29 is 9.90 Å². The number of nitrogens with one attached hydrogen (secondary N) is 2. The summed E-state index contributed by atoms with van der Waals surface area (Å²) in [5.41, 5.74) is 3.85. The van der Waals surface area contributed by atoms with Crippen molar-refractivity contribution in [2.75, 3.05) is 23.3 Å². The molecule has 1 saturated heterocycles. The molecule has 8 nitrogen and oxygen atoms in total. The van der Waals surface area contributed by atoms with Gasteiger partial charge in [-0.3, -0.25) is 4.90 Å². The van der Waals surface area contributed by atoms with E-state index in [9.17, 15) is 9.90 Å². The molecule has 0 bridgehead atoms. The van der Waals surface area contributed by atoms with Gasteiger partial charge in [0.05, 0.1) is 0 Å². The van der Waals surface area contributed by atoms with Gasteiger partial charge < -0.3 is 15.7 Å². The minimum atomic E-state index is -0.0830. The Labute approximate surface area is 176 Å². The normalized spacial score (nSPS) is 13.6. The van der Waals surface area contributed by atoms with E-state index in [1.807, 2.05) is 42.6 Å². The largest absolute Gasteiger partial charge is 0.508 e. The summed E-state index contributed by atoms with van der Waals surface area (Å²) >= 11 is 6.27. The number of hydrogen-bond donors (Lipinski definition) is 3. The fraction of sp³-hybridized carbons (Fsp3) is 0.0952. The first-order valence-corrected chi connectivity index (χ1v) is 9.72. The van der Waals surface area contributed by atoms with Gasteiger partial charge in [0.15, 0.2) is 5.65 Å². The highest BCUT2D eigenvalue weighted by atomic mass is 35.5. The molecule has 5 rings (SSSR count). The first-order chi connectivity index (χ1) is 14.6. The number of hydrogen-bond acceptors (Lipinski definition) is 5. The summed E-state index contributed by atoms with van der Waals surface area (Å²) in [6, 6.07) is 16.0. The highest BCUT2D eigenvalue weighted by Crippen LogP contribution is 2.31. The number of aromatic nitrogens is 3. The number of carbonyl (C=O) groups is 1. The Balaban J connectivity index is 1.39. The van der Waals surface area contributed by atoms with E-state index >= 15 is 0 Å². The van der Waals surface area contributed by atoms with Gasteiger partial charge in [0, 0.05) is 46.8 Å². The molecule has 0 spiro atoms. The van der Waals surface area contributed by atoms with Gasteiger partial charge >= 0.3 is 6.03 Å². The molecule has 3 N–H and O–H groups in total. The molecule has 0 saturated carbocycles. The topological polar surface area (TPSA) is 94.8 Å². The maximum atomic E-state index is 11.8. The Bertz CT molecular complexity index is 1250. The molecule has 3 heterocycles. The monoisotopic (exact) mass is 420 g/mol. The predicted molar refractivity (Wildman–Crippen MR) is 116 cm³/mol. The van der Waals surface area contributed by atoms with Crippen LogP contribution in [0, 0.1) is 0 Å². The van der Waals surface area contributed by atoms with Crippen LogP contribution in [0.5, 0.6) is 5.75 Å². The molecule has 0 unspecified atom stereocenters. The molecule has 0 radical (unpaired) electrons. The number of phenolic OH excluding ortho intramolecular Hbond substituents is 1. The van der Waals surface area contributed by atoms with Crippen LogP contribution in [0.15, 0.2) is 60.8 Å². The van der Waals surface area contributed by atoms with E-state index in [1.54, 1.807) is 27.6 Å². The van der Waals surface area contributed by atoms with Crippen LogP contribution >= 0.6 is 11.6 Å². The third-order valence-electron chi connectivity index (χ3n) is 4.88. The first-order valence-electron chi connectivity index (χ1n) is 9.35. The smallest absolute Gasteiger partial charge is 0.321 e. The van der Waals surface area contributed by atoms with E-state index in [0.29, 0.717) is 35.3 Å². The second-order valence-electron chi connectivity index (χ2n) is 6.88. The van der Waals surface area contributed by atoms with Crippen molar-refractivity contribution in [2.45, 2.75) is 0 Å². The molecule has 2 amide bonds. The van der Waals surface area contributed by atoms with Crippen molar-refractivity contribution >= 4 is 40.6 Å². The van der Waals surface area contributed by atoms with Gasteiger partial charge in [0.2, 0.25) is 5.95 Å².